The summed E-state index contributed by atoms with van der Waals surface area (Å²) in [5.74, 6) is 1.08. The van der Waals surface area contributed by atoms with Gasteiger partial charge in [0.05, 0.1) is 0 Å². The second kappa shape index (κ2) is 5.51. The predicted octanol–water partition coefficient (Wildman–Crippen LogP) is 4.07. The molecule has 2 aliphatic rings. The van der Waals surface area contributed by atoms with Crippen LogP contribution in [0.15, 0.2) is 0 Å². The number of nitrogens with zero attached hydrogens (tertiary/aromatic N) is 3. The fourth-order valence-corrected chi connectivity index (χ4v) is 3.89. The van der Waals surface area contributed by atoms with Crippen LogP contribution in [0, 0.1) is 10.2 Å². The number of rotatable bonds is 3. The van der Waals surface area contributed by atoms with E-state index in [4.69, 9.17) is 12.2 Å². The van der Waals surface area contributed by atoms with E-state index in [1.807, 2.05) is 0 Å². The number of aromatic nitrogens is 3. The molecule has 20 heavy (non-hydrogen) atoms. The summed E-state index contributed by atoms with van der Waals surface area (Å²) < 4.78 is 3.09. The third kappa shape index (κ3) is 2.52. The first kappa shape index (κ1) is 14.1. The lowest BCUT2D eigenvalue weighted by Gasteiger charge is -2.39. The molecule has 0 bridgehead atoms. The van der Waals surface area contributed by atoms with Gasteiger partial charge in [-0.1, -0.05) is 33.1 Å². The van der Waals surface area contributed by atoms with Gasteiger partial charge >= 0.3 is 0 Å². The highest BCUT2D eigenvalue weighted by Crippen LogP contribution is 2.37. The van der Waals surface area contributed by atoms with Crippen LogP contribution >= 0.6 is 12.2 Å². The summed E-state index contributed by atoms with van der Waals surface area (Å²) in [5, 5.41) is 7.55. The molecule has 4 nitrogen and oxygen atoms in total. The Hall–Kier alpha value is -0.840. The maximum Gasteiger partial charge on any atom is 0.225 e. The molecule has 0 unspecified atom stereocenters. The quantitative estimate of drug-likeness (QED) is 0.854. The van der Waals surface area contributed by atoms with Gasteiger partial charge in [-0.25, -0.2) is 5.10 Å². The van der Waals surface area contributed by atoms with Crippen molar-refractivity contribution in [2.45, 2.75) is 64.8 Å². The van der Waals surface area contributed by atoms with Crippen LogP contribution in [0.25, 0.3) is 0 Å². The fourth-order valence-electron chi connectivity index (χ4n) is 3.61. The number of piperidine rings is 1. The minimum absolute atomic E-state index is 0.516. The second-order valence-electron chi connectivity index (χ2n) is 6.79. The molecule has 0 radical (unpaired) electrons. The van der Waals surface area contributed by atoms with E-state index in [2.05, 4.69) is 33.5 Å². The van der Waals surface area contributed by atoms with Gasteiger partial charge in [-0.15, -0.1) is 5.10 Å². The van der Waals surface area contributed by atoms with Gasteiger partial charge in [0.25, 0.3) is 0 Å². The molecule has 5 heteroatoms. The fraction of sp³-hybridized carbons (Fsp3) is 0.867. The minimum Gasteiger partial charge on any atom is -0.341 e. The van der Waals surface area contributed by atoms with Gasteiger partial charge < -0.3 is 4.90 Å². The molecule has 2 fully saturated rings. The lowest BCUT2D eigenvalue weighted by atomic mass is 9.78. The normalized spacial score (nSPS) is 23.4. The van der Waals surface area contributed by atoms with Crippen molar-refractivity contribution < 1.29 is 0 Å². The molecule has 1 aromatic heterocycles. The number of aromatic amines is 1. The van der Waals surface area contributed by atoms with Crippen molar-refractivity contribution in [3.8, 4) is 0 Å². The van der Waals surface area contributed by atoms with Gasteiger partial charge in [-0.05, 0) is 43.3 Å². The summed E-state index contributed by atoms with van der Waals surface area (Å²) in [5.41, 5.74) is 0.516. The topological polar surface area (TPSA) is 36.9 Å². The number of anilines is 1. The van der Waals surface area contributed by atoms with Gasteiger partial charge in [0.15, 0.2) is 4.77 Å². The Bertz CT molecular complexity index is 504. The zero-order valence-electron chi connectivity index (χ0n) is 12.7. The number of hydrogen-bond acceptors (Lipinski definition) is 3. The molecular weight excluding hydrogens is 268 g/mol. The Kier molecular flexibility index (Phi) is 3.89. The standard InChI is InChI=1S/C15H26N4S/c1-3-15(2)8-10-18(11-9-15)13-16-17-14(20)19(13)12-6-4-5-7-12/h12H,3-11H2,1-2H3,(H,17,20). The first-order valence-corrected chi connectivity index (χ1v) is 8.46. The molecule has 0 aromatic carbocycles. The summed E-state index contributed by atoms with van der Waals surface area (Å²) in [7, 11) is 0. The van der Waals surface area contributed by atoms with Gasteiger partial charge in [0, 0.05) is 19.1 Å². The molecule has 112 valence electrons. The zero-order valence-corrected chi connectivity index (χ0v) is 13.5. The third-order valence-electron chi connectivity index (χ3n) is 5.48. The zero-order chi connectivity index (χ0) is 14.2. The van der Waals surface area contributed by atoms with Crippen molar-refractivity contribution in [3.63, 3.8) is 0 Å². The first-order valence-electron chi connectivity index (χ1n) is 8.05. The van der Waals surface area contributed by atoms with Crippen molar-refractivity contribution in [1.82, 2.24) is 14.8 Å². The summed E-state index contributed by atoms with van der Waals surface area (Å²) in [4.78, 5) is 2.43. The maximum absolute atomic E-state index is 5.46. The molecule has 0 atom stereocenters. The van der Waals surface area contributed by atoms with Crippen LogP contribution in [0.5, 0.6) is 0 Å². The third-order valence-corrected chi connectivity index (χ3v) is 5.77. The maximum atomic E-state index is 5.46. The Morgan fingerprint density at radius 1 is 1.30 bits per heavy atom. The Balaban J connectivity index is 1.80. The van der Waals surface area contributed by atoms with Crippen LogP contribution in [-0.4, -0.2) is 27.9 Å². The average molecular weight is 294 g/mol. The van der Waals surface area contributed by atoms with Crippen LogP contribution < -0.4 is 4.90 Å². The summed E-state index contributed by atoms with van der Waals surface area (Å²) in [6, 6.07) is 0.565. The van der Waals surface area contributed by atoms with E-state index >= 15 is 0 Å². The van der Waals surface area contributed by atoms with Crippen molar-refractivity contribution in [3.05, 3.63) is 4.77 Å². The number of hydrogen-bond donors (Lipinski definition) is 1. The summed E-state index contributed by atoms with van der Waals surface area (Å²) >= 11 is 5.46. The molecule has 0 amide bonds. The highest BCUT2D eigenvalue weighted by Gasteiger charge is 2.31. The molecule has 1 aliphatic heterocycles. The molecular formula is C15H26N4S. The van der Waals surface area contributed by atoms with Crippen LogP contribution in [0.3, 0.4) is 0 Å². The van der Waals surface area contributed by atoms with Gasteiger partial charge in [-0.2, -0.15) is 0 Å². The van der Waals surface area contributed by atoms with E-state index in [0.29, 0.717) is 11.5 Å². The molecule has 2 heterocycles. The van der Waals surface area contributed by atoms with Gasteiger partial charge in [0.2, 0.25) is 5.95 Å². The van der Waals surface area contributed by atoms with E-state index in [1.165, 1.54) is 44.9 Å². The lowest BCUT2D eigenvalue weighted by Crippen LogP contribution is -2.40. The van der Waals surface area contributed by atoms with E-state index in [0.717, 1.165) is 23.8 Å². The predicted molar refractivity (Wildman–Crippen MR) is 84.8 cm³/mol. The van der Waals surface area contributed by atoms with Crippen LogP contribution in [-0.2, 0) is 0 Å². The molecule has 0 spiro atoms. The van der Waals surface area contributed by atoms with Crippen LogP contribution in [0.2, 0.25) is 0 Å². The highest BCUT2D eigenvalue weighted by molar-refractivity contribution is 7.71. The SMILES string of the molecule is CCC1(C)CCN(c2n[nH]c(=S)n2C2CCCC2)CC1. The van der Waals surface area contributed by atoms with Gasteiger partial charge in [0.1, 0.15) is 0 Å². The van der Waals surface area contributed by atoms with Crippen molar-refractivity contribution in [2.75, 3.05) is 18.0 Å². The van der Waals surface area contributed by atoms with Crippen molar-refractivity contribution >= 4 is 18.2 Å². The molecule has 1 aliphatic carbocycles. The average Bonchev–Trinajstić information content (AvgIpc) is 3.09. The van der Waals surface area contributed by atoms with Crippen LogP contribution in [0.4, 0.5) is 5.95 Å². The Morgan fingerprint density at radius 2 is 1.95 bits per heavy atom. The van der Waals surface area contributed by atoms with E-state index in [1.54, 1.807) is 0 Å². The summed E-state index contributed by atoms with van der Waals surface area (Å²) in [6.45, 7) is 6.94. The largest absolute Gasteiger partial charge is 0.341 e. The molecule has 1 N–H and O–H groups in total. The number of nitrogens with one attached hydrogen (secondary N) is 1. The van der Waals surface area contributed by atoms with Gasteiger partial charge in [-0.3, -0.25) is 4.57 Å². The van der Waals surface area contributed by atoms with Crippen LogP contribution in [0.1, 0.15) is 64.8 Å². The molecule has 3 rings (SSSR count). The monoisotopic (exact) mass is 294 g/mol. The smallest absolute Gasteiger partial charge is 0.225 e. The highest BCUT2D eigenvalue weighted by atomic mass is 32.1. The van der Waals surface area contributed by atoms with Crippen molar-refractivity contribution in [2.24, 2.45) is 5.41 Å². The number of H-pyrrole nitrogens is 1. The van der Waals surface area contributed by atoms with Crippen molar-refractivity contribution in [1.29, 1.82) is 0 Å². The lowest BCUT2D eigenvalue weighted by molar-refractivity contribution is 0.236. The van der Waals surface area contributed by atoms with E-state index < -0.39 is 0 Å². The Morgan fingerprint density at radius 3 is 2.55 bits per heavy atom. The van der Waals surface area contributed by atoms with E-state index in [-0.39, 0.29) is 0 Å². The summed E-state index contributed by atoms with van der Waals surface area (Å²) in [6.07, 6.45) is 8.94. The minimum atomic E-state index is 0.516. The van der Waals surface area contributed by atoms with E-state index in [9.17, 15) is 0 Å². The second-order valence-corrected chi connectivity index (χ2v) is 7.18. The molecule has 1 saturated carbocycles. The molecule has 1 aromatic rings. The first-order chi connectivity index (χ1) is 9.63. The molecule has 1 saturated heterocycles. The Labute approximate surface area is 126 Å².